The summed E-state index contributed by atoms with van der Waals surface area (Å²) in [6.45, 7) is 3.49. The fraction of sp³-hybridized carbons (Fsp3) is 0.243. The van der Waals surface area contributed by atoms with E-state index >= 15 is 0 Å². The molecule has 0 atom stereocenters. The first-order valence-corrected chi connectivity index (χ1v) is 16.0. The Morgan fingerprint density at radius 3 is 2.18 bits per heavy atom. The lowest BCUT2D eigenvalue weighted by atomic mass is 10.00. The molecule has 0 unspecified atom stereocenters. The van der Waals surface area contributed by atoms with Crippen molar-refractivity contribution in [3.63, 3.8) is 0 Å². The zero-order valence-electron chi connectivity index (χ0n) is 25.0. The van der Waals surface area contributed by atoms with Crippen LogP contribution in [0, 0.1) is 0 Å². The SMILES string of the molecule is CCCCCCOc1ccc(-c2ccc(C(=O)NCCc3cccc(-c4ccc(Cc5sc(=O)[nH]c5O)cc4)c3)cc2)cc1. The molecule has 0 aliphatic carbocycles. The van der Waals surface area contributed by atoms with Crippen LogP contribution in [0.4, 0.5) is 0 Å². The van der Waals surface area contributed by atoms with E-state index in [-0.39, 0.29) is 16.7 Å². The number of ether oxygens (including phenoxy) is 1. The van der Waals surface area contributed by atoms with Crippen LogP contribution in [0.2, 0.25) is 0 Å². The average molecular weight is 607 g/mol. The Kier molecular flexibility index (Phi) is 10.7. The van der Waals surface area contributed by atoms with E-state index in [9.17, 15) is 14.7 Å². The van der Waals surface area contributed by atoms with Crippen molar-refractivity contribution in [3.05, 3.63) is 128 Å². The molecule has 4 aromatic carbocycles. The van der Waals surface area contributed by atoms with Crippen LogP contribution in [0.25, 0.3) is 22.3 Å². The predicted molar refractivity (Wildman–Crippen MR) is 179 cm³/mol. The molecule has 0 aliphatic rings. The first-order chi connectivity index (χ1) is 21.5. The molecular formula is C37H38N2O4S. The Balaban J connectivity index is 1.10. The lowest BCUT2D eigenvalue weighted by Gasteiger charge is -2.09. The molecule has 0 fully saturated rings. The van der Waals surface area contributed by atoms with Crippen molar-refractivity contribution in [1.82, 2.24) is 10.3 Å². The molecule has 0 aliphatic heterocycles. The van der Waals surface area contributed by atoms with E-state index in [0.29, 0.717) is 29.8 Å². The molecule has 0 saturated carbocycles. The van der Waals surface area contributed by atoms with Crippen LogP contribution in [-0.2, 0) is 12.8 Å². The molecule has 0 radical (unpaired) electrons. The molecule has 7 heteroatoms. The van der Waals surface area contributed by atoms with Crippen LogP contribution >= 0.6 is 11.3 Å². The van der Waals surface area contributed by atoms with Gasteiger partial charge < -0.3 is 15.2 Å². The lowest BCUT2D eigenvalue weighted by molar-refractivity contribution is 0.0954. The first kappa shape index (κ1) is 30.8. The zero-order chi connectivity index (χ0) is 30.7. The van der Waals surface area contributed by atoms with Crippen LogP contribution in [0.1, 0.15) is 59.0 Å². The first-order valence-electron chi connectivity index (χ1n) is 15.2. The number of thiazole rings is 1. The molecule has 3 N–H and O–H groups in total. The van der Waals surface area contributed by atoms with Crippen molar-refractivity contribution < 1.29 is 14.6 Å². The highest BCUT2D eigenvalue weighted by molar-refractivity contribution is 7.09. The van der Waals surface area contributed by atoms with Gasteiger partial charge in [-0.15, -0.1) is 0 Å². The van der Waals surface area contributed by atoms with E-state index in [1.807, 2.05) is 66.7 Å². The lowest BCUT2D eigenvalue weighted by Crippen LogP contribution is -2.25. The summed E-state index contributed by atoms with van der Waals surface area (Å²) in [6.07, 6.45) is 5.97. The number of carbonyl (C=O) groups is 1. The number of amides is 1. The Morgan fingerprint density at radius 1 is 0.818 bits per heavy atom. The van der Waals surface area contributed by atoms with Gasteiger partial charge in [0.1, 0.15) is 5.75 Å². The van der Waals surface area contributed by atoms with E-state index in [0.717, 1.165) is 63.5 Å². The van der Waals surface area contributed by atoms with E-state index in [1.165, 1.54) is 19.3 Å². The molecule has 5 rings (SSSR count). The van der Waals surface area contributed by atoms with Crippen molar-refractivity contribution in [2.75, 3.05) is 13.2 Å². The topological polar surface area (TPSA) is 91.4 Å². The van der Waals surface area contributed by atoms with E-state index in [4.69, 9.17) is 4.74 Å². The minimum absolute atomic E-state index is 0.0546. The number of H-pyrrole nitrogens is 1. The van der Waals surface area contributed by atoms with Gasteiger partial charge in [0, 0.05) is 18.5 Å². The predicted octanol–water partition coefficient (Wildman–Crippen LogP) is 8.00. The fourth-order valence-electron chi connectivity index (χ4n) is 5.08. The third-order valence-corrected chi connectivity index (χ3v) is 8.45. The summed E-state index contributed by atoms with van der Waals surface area (Å²) < 4.78 is 5.85. The number of hydrogen-bond acceptors (Lipinski definition) is 5. The highest BCUT2D eigenvalue weighted by Gasteiger charge is 2.09. The van der Waals surface area contributed by atoms with Gasteiger partial charge in [-0.05, 0) is 70.5 Å². The molecule has 1 amide bonds. The molecule has 0 bridgehead atoms. The number of benzene rings is 4. The van der Waals surface area contributed by atoms with Crippen LogP contribution in [0.15, 0.2) is 102 Å². The molecule has 0 spiro atoms. The van der Waals surface area contributed by atoms with E-state index in [2.05, 4.69) is 47.6 Å². The normalized spacial score (nSPS) is 10.9. The summed E-state index contributed by atoms with van der Waals surface area (Å²) in [5.41, 5.74) is 7.10. The van der Waals surface area contributed by atoms with Gasteiger partial charge in [0.05, 0.1) is 11.5 Å². The minimum atomic E-state index is -0.254. The standard InChI is InChI=1S/C37H38N2O4S/c1-2-3-4-5-23-43-33-19-17-29(18-20-33)28-13-15-31(16-14-28)35(40)38-22-21-26-7-6-8-32(24-26)30-11-9-27(10-12-30)25-34-36(41)39-37(42)44-34/h6-20,24,41H,2-5,21-23,25H2,1H3,(H,38,40)(H,39,42). The Bertz CT molecular complexity index is 1700. The Morgan fingerprint density at radius 2 is 1.50 bits per heavy atom. The smallest absolute Gasteiger partial charge is 0.307 e. The van der Waals surface area contributed by atoms with Crippen molar-refractivity contribution >= 4 is 17.2 Å². The van der Waals surface area contributed by atoms with Gasteiger partial charge in [-0.3, -0.25) is 14.6 Å². The molecular weight excluding hydrogens is 568 g/mol. The van der Waals surface area contributed by atoms with Gasteiger partial charge in [-0.25, -0.2) is 0 Å². The van der Waals surface area contributed by atoms with Gasteiger partial charge in [0.2, 0.25) is 5.88 Å². The number of hydrogen-bond donors (Lipinski definition) is 3. The maximum absolute atomic E-state index is 12.8. The van der Waals surface area contributed by atoms with Gasteiger partial charge in [-0.2, -0.15) is 0 Å². The Hall–Kier alpha value is -4.62. The number of aromatic nitrogens is 1. The number of aromatic hydroxyl groups is 1. The van der Waals surface area contributed by atoms with Crippen molar-refractivity contribution in [1.29, 1.82) is 0 Å². The number of unbranched alkanes of at least 4 members (excludes halogenated alkanes) is 3. The molecule has 226 valence electrons. The Labute approximate surface area is 262 Å². The zero-order valence-corrected chi connectivity index (χ0v) is 25.8. The summed E-state index contributed by atoms with van der Waals surface area (Å²) in [4.78, 5) is 27.0. The van der Waals surface area contributed by atoms with E-state index in [1.54, 1.807) is 0 Å². The summed E-state index contributed by atoms with van der Waals surface area (Å²) in [6, 6.07) is 32.2. The molecule has 5 aromatic rings. The number of aromatic amines is 1. The average Bonchev–Trinajstić information content (AvgIpc) is 3.37. The number of nitrogens with one attached hydrogen (secondary N) is 2. The maximum atomic E-state index is 12.8. The molecule has 6 nitrogen and oxygen atoms in total. The van der Waals surface area contributed by atoms with E-state index < -0.39 is 0 Å². The van der Waals surface area contributed by atoms with Gasteiger partial charge in [0.25, 0.3) is 5.91 Å². The fourth-order valence-corrected chi connectivity index (χ4v) is 5.84. The van der Waals surface area contributed by atoms with Crippen LogP contribution in [0.5, 0.6) is 11.6 Å². The summed E-state index contributed by atoms with van der Waals surface area (Å²) >= 11 is 1.03. The largest absolute Gasteiger partial charge is 0.494 e. The number of carbonyl (C=O) groups excluding carboxylic acids is 1. The second-order valence-electron chi connectivity index (χ2n) is 10.9. The second kappa shape index (κ2) is 15.2. The molecule has 44 heavy (non-hydrogen) atoms. The summed E-state index contributed by atoms with van der Waals surface area (Å²) in [5.74, 6) is 0.741. The highest BCUT2D eigenvalue weighted by Crippen LogP contribution is 2.25. The third-order valence-electron chi connectivity index (χ3n) is 7.58. The summed E-state index contributed by atoms with van der Waals surface area (Å²) in [5, 5.41) is 12.9. The third kappa shape index (κ3) is 8.48. The van der Waals surface area contributed by atoms with Crippen LogP contribution in [-0.4, -0.2) is 29.1 Å². The second-order valence-corrected chi connectivity index (χ2v) is 11.9. The van der Waals surface area contributed by atoms with Gasteiger partial charge in [-0.1, -0.05) is 110 Å². The molecule has 0 saturated heterocycles. The summed E-state index contributed by atoms with van der Waals surface area (Å²) in [7, 11) is 0. The van der Waals surface area contributed by atoms with Crippen molar-refractivity contribution in [2.24, 2.45) is 0 Å². The van der Waals surface area contributed by atoms with Gasteiger partial charge in [0.15, 0.2) is 0 Å². The monoisotopic (exact) mass is 606 g/mol. The highest BCUT2D eigenvalue weighted by atomic mass is 32.1. The number of rotatable bonds is 14. The van der Waals surface area contributed by atoms with Gasteiger partial charge >= 0.3 is 4.87 Å². The van der Waals surface area contributed by atoms with Crippen molar-refractivity contribution in [3.8, 4) is 33.9 Å². The maximum Gasteiger partial charge on any atom is 0.307 e. The quantitative estimate of drug-likeness (QED) is 0.112. The molecule has 1 aromatic heterocycles. The van der Waals surface area contributed by atoms with Crippen LogP contribution in [0.3, 0.4) is 0 Å². The minimum Gasteiger partial charge on any atom is -0.494 e. The van der Waals surface area contributed by atoms with Crippen LogP contribution < -0.4 is 14.9 Å². The van der Waals surface area contributed by atoms with Crippen molar-refractivity contribution in [2.45, 2.75) is 45.4 Å². The molecule has 1 heterocycles.